The van der Waals surface area contributed by atoms with Crippen molar-refractivity contribution in [2.45, 2.75) is 25.9 Å². The average molecular weight is 326 g/mol. The molecule has 0 saturated carbocycles. The number of carbonyl (C=O) groups is 1. The first kappa shape index (κ1) is 17.1. The zero-order valence-electron chi connectivity index (χ0n) is 12.7. The summed E-state index contributed by atoms with van der Waals surface area (Å²) in [4.78, 5) is 10.7. The Balaban J connectivity index is 2.11. The van der Waals surface area contributed by atoms with Gasteiger partial charge in [0, 0.05) is 6.42 Å². The van der Waals surface area contributed by atoms with Crippen LogP contribution in [0.15, 0.2) is 36.4 Å². The van der Waals surface area contributed by atoms with Gasteiger partial charge in [0.15, 0.2) is 0 Å². The van der Waals surface area contributed by atoms with Crippen LogP contribution < -0.4 is 4.74 Å². The predicted octanol–water partition coefficient (Wildman–Crippen LogP) is 4.28. The van der Waals surface area contributed by atoms with Crippen LogP contribution in [0.4, 0.5) is 13.2 Å². The molecule has 2 aromatic rings. The Labute approximate surface area is 132 Å². The van der Waals surface area contributed by atoms with Gasteiger partial charge in [0.05, 0.1) is 13.2 Å². The Morgan fingerprint density at radius 1 is 1.13 bits per heavy atom. The van der Waals surface area contributed by atoms with Gasteiger partial charge >= 0.3 is 12.1 Å². The molecule has 0 N–H and O–H groups in total. The molecule has 0 spiro atoms. The van der Waals surface area contributed by atoms with E-state index in [1.165, 1.54) is 0 Å². The second kappa shape index (κ2) is 7.35. The number of carbonyl (C=O) groups excluding carboxylic acids is 1. The lowest BCUT2D eigenvalue weighted by Gasteiger charge is -2.11. The molecule has 0 aliphatic heterocycles. The number of alkyl halides is 3. The van der Waals surface area contributed by atoms with Gasteiger partial charge in [-0.1, -0.05) is 31.2 Å². The first-order chi connectivity index (χ1) is 10.9. The summed E-state index contributed by atoms with van der Waals surface area (Å²) in [7, 11) is 0. The van der Waals surface area contributed by atoms with Gasteiger partial charge in [0.2, 0.25) is 0 Å². The fourth-order valence-electron chi connectivity index (χ4n) is 2.18. The van der Waals surface area contributed by atoms with Gasteiger partial charge in [-0.2, -0.15) is 13.2 Å². The van der Waals surface area contributed by atoms with Gasteiger partial charge in [-0.3, -0.25) is 0 Å². The van der Waals surface area contributed by atoms with E-state index in [1.54, 1.807) is 6.07 Å². The van der Waals surface area contributed by atoms with Crippen LogP contribution in [0.3, 0.4) is 0 Å². The molecule has 0 aromatic heterocycles. The van der Waals surface area contributed by atoms with Crippen molar-refractivity contribution < 1.29 is 27.4 Å². The molecule has 0 bridgehead atoms. The molecule has 0 heterocycles. The van der Waals surface area contributed by atoms with E-state index in [4.69, 9.17) is 4.74 Å². The zero-order chi connectivity index (χ0) is 16.9. The van der Waals surface area contributed by atoms with Gasteiger partial charge in [-0.05, 0) is 34.9 Å². The lowest BCUT2D eigenvalue weighted by Crippen LogP contribution is -2.26. The quantitative estimate of drug-likeness (QED) is 0.744. The summed E-state index contributed by atoms with van der Waals surface area (Å²) in [5.41, 5.74) is 0.805. The van der Waals surface area contributed by atoms with Crippen LogP contribution in [0.5, 0.6) is 5.75 Å². The highest BCUT2D eigenvalue weighted by atomic mass is 19.4. The van der Waals surface area contributed by atoms with Crippen molar-refractivity contribution in [2.75, 3.05) is 13.2 Å². The molecule has 0 saturated heterocycles. The van der Waals surface area contributed by atoms with E-state index >= 15 is 0 Å². The summed E-state index contributed by atoms with van der Waals surface area (Å²) in [6.07, 6.45) is -3.87. The van der Waals surface area contributed by atoms with Gasteiger partial charge in [0.1, 0.15) is 5.75 Å². The third kappa shape index (κ3) is 4.61. The fraction of sp³-hybridized carbons (Fsp3) is 0.353. The summed E-state index contributed by atoms with van der Waals surface area (Å²) in [5, 5.41) is 1.83. The van der Waals surface area contributed by atoms with E-state index in [-0.39, 0.29) is 13.0 Å². The van der Waals surface area contributed by atoms with E-state index in [9.17, 15) is 18.0 Å². The Kier molecular flexibility index (Phi) is 5.47. The maximum atomic E-state index is 12.1. The molecule has 2 aromatic carbocycles. The van der Waals surface area contributed by atoms with E-state index in [1.807, 2.05) is 37.3 Å². The lowest BCUT2D eigenvalue weighted by molar-refractivity contribution is -0.199. The highest BCUT2D eigenvalue weighted by molar-refractivity contribution is 5.87. The van der Waals surface area contributed by atoms with E-state index < -0.39 is 12.1 Å². The predicted molar refractivity (Wildman–Crippen MR) is 80.5 cm³/mol. The third-order valence-electron chi connectivity index (χ3n) is 3.25. The molecule has 0 unspecified atom stereocenters. The molecule has 0 fully saturated rings. The smallest absolute Gasteiger partial charge is 0.490 e. The summed E-state index contributed by atoms with van der Waals surface area (Å²) in [5.74, 6) is -1.45. The molecule has 0 atom stereocenters. The van der Waals surface area contributed by atoms with Crippen LogP contribution in [-0.4, -0.2) is 25.4 Å². The van der Waals surface area contributed by atoms with Gasteiger partial charge < -0.3 is 9.47 Å². The van der Waals surface area contributed by atoms with E-state index in [0.717, 1.165) is 22.8 Å². The number of hydrogen-bond acceptors (Lipinski definition) is 3. The first-order valence-electron chi connectivity index (χ1n) is 7.30. The van der Waals surface area contributed by atoms with Crippen molar-refractivity contribution >= 4 is 16.7 Å². The van der Waals surface area contributed by atoms with Gasteiger partial charge in [0.25, 0.3) is 0 Å². The molecule has 6 heteroatoms. The summed E-state index contributed by atoms with van der Waals surface area (Å²) in [6.45, 7) is 2.27. The minimum Gasteiger partial charge on any atom is -0.494 e. The molecule has 2 rings (SSSR count). The first-order valence-corrected chi connectivity index (χ1v) is 7.30. The van der Waals surface area contributed by atoms with Crippen molar-refractivity contribution in [1.29, 1.82) is 0 Å². The summed E-state index contributed by atoms with van der Waals surface area (Å²) >= 11 is 0. The number of rotatable bonds is 6. The monoisotopic (exact) mass is 326 g/mol. The molecular formula is C17H17F3O3. The van der Waals surface area contributed by atoms with Crippen molar-refractivity contribution in [1.82, 2.24) is 0 Å². The molecule has 3 nitrogen and oxygen atoms in total. The highest BCUT2D eigenvalue weighted by Crippen LogP contribution is 2.25. The number of hydrogen-bond donors (Lipinski definition) is 0. The second-order valence-electron chi connectivity index (χ2n) is 5.03. The van der Waals surface area contributed by atoms with Crippen LogP contribution in [0.25, 0.3) is 10.8 Å². The maximum Gasteiger partial charge on any atom is 0.490 e. The van der Waals surface area contributed by atoms with Crippen LogP contribution in [-0.2, 0) is 16.0 Å². The Bertz CT molecular complexity index is 680. The van der Waals surface area contributed by atoms with Crippen molar-refractivity contribution in [2.24, 2.45) is 0 Å². The number of esters is 1. The number of fused-ring (bicyclic) bond motifs is 1. The third-order valence-corrected chi connectivity index (χ3v) is 3.25. The van der Waals surface area contributed by atoms with Crippen LogP contribution in [0, 0.1) is 0 Å². The molecule has 0 aliphatic carbocycles. The molecule has 23 heavy (non-hydrogen) atoms. The van der Waals surface area contributed by atoms with E-state index in [2.05, 4.69) is 4.74 Å². The highest BCUT2D eigenvalue weighted by Gasteiger charge is 2.40. The molecule has 0 aliphatic rings. The largest absolute Gasteiger partial charge is 0.494 e. The number of benzene rings is 2. The van der Waals surface area contributed by atoms with Crippen LogP contribution >= 0.6 is 0 Å². The Morgan fingerprint density at radius 3 is 2.61 bits per heavy atom. The molecule has 124 valence electrons. The maximum absolute atomic E-state index is 12.1. The molecule has 0 radical (unpaired) electrons. The van der Waals surface area contributed by atoms with Crippen LogP contribution in [0.2, 0.25) is 0 Å². The number of halogens is 3. The second-order valence-corrected chi connectivity index (χ2v) is 5.03. The molecule has 0 amide bonds. The zero-order valence-corrected chi connectivity index (χ0v) is 12.7. The SMILES string of the molecule is CCCOc1ccc2cccc(CCOC(=O)C(F)(F)F)c2c1. The Hall–Kier alpha value is -2.24. The standard InChI is InChI=1S/C17H17F3O3/c1-2-9-22-14-7-6-12-4-3-5-13(15(12)11-14)8-10-23-16(21)17(18,19)20/h3-7,11H,2,8-10H2,1H3. The lowest BCUT2D eigenvalue weighted by atomic mass is 10.0. The summed E-state index contributed by atoms with van der Waals surface area (Å²) < 4.78 is 46.2. The average Bonchev–Trinajstić information content (AvgIpc) is 2.52. The van der Waals surface area contributed by atoms with Gasteiger partial charge in [-0.15, -0.1) is 0 Å². The van der Waals surface area contributed by atoms with Crippen LogP contribution in [0.1, 0.15) is 18.9 Å². The van der Waals surface area contributed by atoms with Crippen molar-refractivity contribution in [3.8, 4) is 5.75 Å². The fourth-order valence-corrected chi connectivity index (χ4v) is 2.18. The summed E-state index contributed by atoms with van der Waals surface area (Å²) in [6, 6.07) is 11.1. The van der Waals surface area contributed by atoms with E-state index in [0.29, 0.717) is 12.4 Å². The molecular weight excluding hydrogens is 309 g/mol. The normalized spacial score (nSPS) is 11.5. The van der Waals surface area contributed by atoms with Crippen molar-refractivity contribution in [3.05, 3.63) is 42.0 Å². The number of ether oxygens (including phenoxy) is 2. The minimum atomic E-state index is -4.96. The topological polar surface area (TPSA) is 35.5 Å². The minimum absolute atomic E-state index is 0.205. The van der Waals surface area contributed by atoms with Gasteiger partial charge in [-0.25, -0.2) is 4.79 Å². The van der Waals surface area contributed by atoms with Crippen molar-refractivity contribution in [3.63, 3.8) is 0 Å². The Morgan fingerprint density at radius 2 is 1.91 bits per heavy atom.